The summed E-state index contributed by atoms with van der Waals surface area (Å²) in [7, 11) is -1.82. The van der Waals surface area contributed by atoms with Crippen LogP contribution in [-0.2, 0) is 4.57 Å². The predicted octanol–water partition coefficient (Wildman–Crippen LogP) is 7.89. The zero-order valence-electron chi connectivity index (χ0n) is 31.2. The second kappa shape index (κ2) is 11.6. The number of hydrogen-bond donors (Lipinski definition) is 0. The van der Waals surface area contributed by atoms with Crippen molar-refractivity contribution in [3.05, 3.63) is 0 Å². The van der Waals surface area contributed by atoms with Gasteiger partial charge >= 0.3 is 18.9 Å². The molecule has 16 rings (SSSR count). The van der Waals surface area contributed by atoms with Crippen LogP contribution in [0.2, 0.25) is 0 Å². The van der Waals surface area contributed by atoms with E-state index in [0.29, 0.717) is 10.3 Å². The fourth-order valence-corrected chi connectivity index (χ4v) is 28.0. The van der Waals surface area contributed by atoms with Gasteiger partial charge in [0.15, 0.2) is 17.4 Å². The SMILES string of the molecule is CP(=O)(C12CC3CC(CC(C3)C1)C2)C12CC3CC(CC(C3)C1)C2.CP(C12CC3CC(CC(C3)C1)C2)C12CC3CC(CC(C3)C1)C2.[AlH3].[H-].[Li+]. The molecular formula is C42H70AlLiOP2. The fraction of sp³-hybridized carbons (Fsp3) is 1.00. The molecule has 0 aromatic rings. The Kier molecular flexibility index (Phi) is 8.56. The molecule has 47 heavy (non-hydrogen) atoms. The number of hydrogen-bond acceptors (Lipinski definition) is 1. The molecule has 0 heterocycles. The first-order valence-corrected chi connectivity index (χ1v) is 24.9. The van der Waals surface area contributed by atoms with E-state index < -0.39 is 7.14 Å². The van der Waals surface area contributed by atoms with Gasteiger partial charge in [0.05, 0.1) is 7.14 Å². The van der Waals surface area contributed by atoms with Crippen LogP contribution in [0.4, 0.5) is 0 Å². The van der Waals surface area contributed by atoms with Gasteiger partial charge in [-0.1, -0.05) is 7.92 Å². The van der Waals surface area contributed by atoms with Crippen LogP contribution in [0.1, 0.15) is 156 Å². The van der Waals surface area contributed by atoms with Crippen molar-refractivity contribution in [3.8, 4) is 0 Å². The quantitative estimate of drug-likeness (QED) is 0.217. The summed E-state index contributed by atoms with van der Waals surface area (Å²) in [5, 5.41) is 2.34. The molecule has 0 radical (unpaired) electrons. The van der Waals surface area contributed by atoms with Gasteiger partial charge in [-0.15, -0.1) is 0 Å². The van der Waals surface area contributed by atoms with Crippen molar-refractivity contribution in [2.24, 2.45) is 71.0 Å². The first-order valence-electron chi connectivity index (χ1n) is 20.9. The van der Waals surface area contributed by atoms with Gasteiger partial charge in [0.1, 0.15) is 0 Å². The third-order valence-corrected chi connectivity index (χ3v) is 27.9. The van der Waals surface area contributed by atoms with Gasteiger partial charge in [0, 0.05) is 10.3 Å². The van der Waals surface area contributed by atoms with Gasteiger partial charge in [-0.25, -0.2) is 0 Å². The summed E-state index contributed by atoms with van der Waals surface area (Å²) in [6.07, 6.45) is 36.8. The summed E-state index contributed by atoms with van der Waals surface area (Å²) in [6, 6.07) is 0. The molecule has 0 aromatic carbocycles. The van der Waals surface area contributed by atoms with E-state index in [1.807, 2.05) is 0 Å². The first-order chi connectivity index (χ1) is 21.6. The summed E-state index contributed by atoms with van der Waals surface area (Å²) in [5.74, 6) is 12.6. The van der Waals surface area contributed by atoms with E-state index in [9.17, 15) is 4.57 Å². The molecule has 0 atom stereocenters. The van der Waals surface area contributed by atoms with E-state index in [0.717, 1.165) is 81.3 Å². The molecule has 0 N–H and O–H groups in total. The van der Waals surface area contributed by atoms with E-state index >= 15 is 0 Å². The third kappa shape index (κ3) is 5.13. The first kappa shape index (κ1) is 34.6. The number of rotatable bonds is 4. The molecule has 16 bridgehead atoms. The standard InChI is InChI=1S/C21H33OP.C21H33P.Al.Li.4H/c1-23(22,20-8-14-2-15(9-20)4-16(3-14)10-20)21-11-17-5-18(12-21)7-19(6-17)13-21;1-22(20-8-14-2-15(9-20)4-16(3-14)10-20)21-11-17-5-18(12-21)7-19(6-17)13-21;;;;;;/h14-19H,2-13H2,1H3;14-19H,2-13H2,1H3;;;;;;/q;;;+1;;;;-1. The largest absolute Gasteiger partial charge is 1.00 e. The van der Waals surface area contributed by atoms with Crippen LogP contribution in [0.25, 0.3) is 0 Å². The van der Waals surface area contributed by atoms with Crippen molar-refractivity contribution >= 4 is 32.4 Å². The van der Waals surface area contributed by atoms with Crippen LogP contribution in [-0.4, -0.2) is 51.3 Å². The maximum atomic E-state index is 14.7. The minimum absolute atomic E-state index is 0. The Bertz CT molecular complexity index is 1060. The van der Waals surface area contributed by atoms with E-state index in [-0.39, 0.29) is 45.6 Å². The monoisotopic (exact) mass is 686 g/mol. The zero-order chi connectivity index (χ0) is 30.0. The molecule has 0 saturated heterocycles. The molecule has 0 unspecified atom stereocenters. The topological polar surface area (TPSA) is 17.1 Å². The Morgan fingerprint density at radius 2 is 0.596 bits per heavy atom. The average molecular weight is 687 g/mol. The molecule has 16 aliphatic carbocycles. The van der Waals surface area contributed by atoms with Crippen molar-refractivity contribution in [2.75, 3.05) is 13.3 Å². The van der Waals surface area contributed by atoms with Crippen molar-refractivity contribution < 1.29 is 24.9 Å². The van der Waals surface area contributed by atoms with E-state index in [4.69, 9.17) is 0 Å². The Hall–Kier alpha value is 1.79. The summed E-state index contributed by atoms with van der Waals surface area (Å²) in [4.78, 5) is 0. The van der Waals surface area contributed by atoms with Crippen LogP contribution >= 0.6 is 15.1 Å². The molecule has 0 amide bonds. The molecule has 16 saturated carbocycles. The zero-order valence-corrected chi connectivity index (χ0v) is 32.0. The second-order valence-electron chi connectivity index (χ2n) is 22.1. The summed E-state index contributed by atoms with van der Waals surface area (Å²) in [6.45, 7) is 5.17. The van der Waals surface area contributed by atoms with Crippen LogP contribution in [0, 0.1) is 71.0 Å². The average Bonchev–Trinajstić information content (AvgIpc) is 2.94. The van der Waals surface area contributed by atoms with E-state index in [2.05, 4.69) is 13.3 Å². The normalized spacial score (nSPS) is 59.5. The van der Waals surface area contributed by atoms with Crippen LogP contribution in [0.5, 0.6) is 0 Å². The molecule has 0 aromatic heterocycles. The third-order valence-electron chi connectivity index (χ3n) is 19.3. The minimum atomic E-state index is -2.09. The van der Waals surface area contributed by atoms with Crippen molar-refractivity contribution in [1.82, 2.24) is 0 Å². The molecule has 16 fully saturated rings. The fourth-order valence-electron chi connectivity index (χ4n) is 19.1. The molecule has 16 aliphatic rings. The van der Waals surface area contributed by atoms with Crippen LogP contribution < -0.4 is 18.9 Å². The smallest absolute Gasteiger partial charge is 1.00 e. The van der Waals surface area contributed by atoms with Crippen molar-refractivity contribution in [1.29, 1.82) is 0 Å². The molecule has 1 nitrogen and oxygen atoms in total. The van der Waals surface area contributed by atoms with E-state index in [1.54, 1.807) is 77.0 Å². The summed E-state index contributed by atoms with van der Waals surface area (Å²) in [5.41, 5.74) is 0. The Morgan fingerprint density at radius 1 is 0.426 bits per heavy atom. The maximum Gasteiger partial charge on any atom is 1.00 e. The van der Waals surface area contributed by atoms with E-state index in [1.165, 1.54) is 77.0 Å². The van der Waals surface area contributed by atoms with Crippen molar-refractivity contribution in [3.63, 3.8) is 0 Å². The van der Waals surface area contributed by atoms with Gasteiger partial charge in [0.25, 0.3) is 0 Å². The van der Waals surface area contributed by atoms with Crippen LogP contribution in [0.3, 0.4) is 0 Å². The Labute approximate surface area is 314 Å². The Morgan fingerprint density at radius 3 is 0.787 bits per heavy atom. The maximum absolute atomic E-state index is 14.7. The van der Waals surface area contributed by atoms with Gasteiger partial charge in [-0.05, 0) is 249 Å². The second-order valence-corrected chi connectivity index (χ2v) is 28.8. The minimum Gasteiger partial charge on any atom is -1.00 e. The van der Waals surface area contributed by atoms with Crippen molar-refractivity contribution in [2.45, 2.75) is 175 Å². The van der Waals surface area contributed by atoms with Gasteiger partial charge in [-0.3, -0.25) is 0 Å². The predicted molar refractivity (Wildman–Crippen MR) is 201 cm³/mol. The molecule has 0 aliphatic heterocycles. The van der Waals surface area contributed by atoms with Crippen LogP contribution in [0.15, 0.2) is 0 Å². The van der Waals surface area contributed by atoms with Gasteiger partial charge in [0.2, 0.25) is 0 Å². The van der Waals surface area contributed by atoms with Gasteiger partial charge in [-0.2, -0.15) is 0 Å². The van der Waals surface area contributed by atoms with Gasteiger partial charge < -0.3 is 5.99 Å². The molecule has 258 valence electrons. The molecule has 5 heteroatoms. The molecule has 0 spiro atoms. The summed E-state index contributed by atoms with van der Waals surface area (Å²) < 4.78 is 14.7. The molecular weight excluding hydrogens is 616 g/mol. The Balaban J connectivity index is 0.000000132. The summed E-state index contributed by atoms with van der Waals surface area (Å²) >= 11 is 0.